The van der Waals surface area contributed by atoms with Crippen LogP contribution in [0.3, 0.4) is 0 Å². The minimum atomic E-state index is -0.251. The van der Waals surface area contributed by atoms with Crippen LogP contribution in [0.15, 0.2) is 65.1 Å². The molecule has 1 N–H and O–H groups in total. The van der Waals surface area contributed by atoms with Crippen molar-refractivity contribution in [2.45, 2.75) is 38.8 Å². The fourth-order valence-electron chi connectivity index (χ4n) is 5.16. The van der Waals surface area contributed by atoms with E-state index in [9.17, 15) is 9.59 Å². The Labute approximate surface area is 249 Å². The van der Waals surface area contributed by atoms with E-state index in [1.54, 1.807) is 37.4 Å². The number of carbonyl (C=O) groups excluding carboxylic acids is 2. The lowest BCUT2D eigenvalue weighted by Crippen LogP contribution is -2.40. The topological polar surface area (TPSA) is 81.0 Å². The van der Waals surface area contributed by atoms with Crippen LogP contribution in [0.5, 0.6) is 5.75 Å². The highest BCUT2D eigenvalue weighted by atomic mass is 35.5. The van der Waals surface area contributed by atoms with Crippen LogP contribution >= 0.6 is 23.2 Å². The highest BCUT2D eigenvalue weighted by Crippen LogP contribution is 2.33. The zero-order valence-electron chi connectivity index (χ0n) is 23.0. The molecule has 1 aromatic heterocycles. The van der Waals surface area contributed by atoms with Crippen LogP contribution in [0, 0.1) is 0 Å². The van der Waals surface area contributed by atoms with Gasteiger partial charge in [-0.2, -0.15) is 0 Å². The van der Waals surface area contributed by atoms with E-state index in [2.05, 4.69) is 5.32 Å². The minimum Gasteiger partial charge on any atom is -0.491 e. The summed E-state index contributed by atoms with van der Waals surface area (Å²) < 4.78 is 17.1. The molecule has 0 saturated heterocycles. The average Bonchev–Trinajstić information content (AvgIpc) is 3.59. The fourth-order valence-corrected chi connectivity index (χ4v) is 5.53. The Morgan fingerprint density at radius 3 is 2.56 bits per heavy atom. The quantitative estimate of drug-likeness (QED) is 0.195. The molecule has 1 heterocycles. The molecule has 1 aliphatic carbocycles. The van der Waals surface area contributed by atoms with Crippen LogP contribution < -0.4 is 10.1 Å². The molecule has 1 unspecified atom stereocenters. The fraction of sp³-hybridized carbons (Fsp3) is 0.312. The Kier molecular flexibility index (Phi) is 9.18. The molecular weight excluding hydrogens is 563 g/mol. The molecule has 2 amide bonds. The summed E-state index contributed by atoms with van der Waals surface area (Å²) in [6, 6.07) is 18.0. The van der Waals surface area contributed by atoms with Gasteiger partial charge in [-0.3, -0.25) is 9.59 Å². The number of halogens is 2. The van der Waals surface area contributed by atoms with E-state index < -0.39 is 0 Å². The van der Waals surface area contributed by atoms with Crippen molar-refractivity contribution in [2.75, 3.05) is 26.9 Å². The predicted molar refractivity (Wildman–Crippen MR) is 160 cm³/mol. The second kappa shape index (κ2) is 13.0. The molecule has 1 aliphatic rings. The normalized spacial score (nSPS) is 14.2. The number of furan rings is 1. The lowest BCUT2D eigenvalue weighted by atomic mass is 10.1. The molecule has 3 aromatic carbocycles. The number of nitrogens with one attached hydrogen (secondary N) is 1. The van der Waals surface area contributed by atoms with E-state index in [0.29, 0.717) is 59.5 Å². The van der Waals surface area contributed by atoms with Crippen molar-refractivity contribution in [2.24, 2.45) is 0 Å². The molecule has 7 nitrogen and oxygen atoms in total. The van der Waals surface area contributed by atoms with E-state index in [1.807, 2.05) is 42.2 Å². The van der Waals surface area contributed by atoms with Crippen LogP contribution in [-0.2, 0) is 24.1 Å². The van der Waals surface area contributed by atoms with Crippen LogP contribution in [0.2, 0.25) is 10.0 Å². The smallest absolute Gasteiger partial charge is 0.290 e. The van der Waals surface area contributed by atoms with Crippen molar-refractivity contribution < 1.29 is 23.5 Å². The molecule has 0 spiro atoms. The Morgan fingerprint density at radius 1 is 0.976 bits per heavy atom. The van der Waals surface area contributed by atoms with Gasteiger partial charge in [-0.05, 0) is 85.0 Å². The van der Waals surface area contributed by atoms with Crippen molar-refractivity contribution in [3.63, 3.8) is 0 Å². The number of nitrogens with zero attached hydrogens (tertiary/aromatic N) is 1. The minimum absolute atomic E-state index is 0.0938. The maximum Gasteiger partial charge on any atom is 0.290 e. The van der Waals surface area contributed by atoms with Gasteiger partial charge >= 0.3 is 0 Å². The number of fused-ring (bicyclic) bond motifs is 2. The van der Waals surface area contributed by atoms with Gasteiger partial charge in [0.2, 0.25) is 0 Å². The molecule has 1 atom stereocenters. The SMILES string of the molecule is CCCNC(=O)c1ccc2c(c1)CC(N(Cc1cc(Cl)ccc1OCCOC)C(=O)c1cc3cc(Cl)ccc3o1)C2. The largest absolute Gasteiger partial charge is 0.491 e. The number of hydrogen-bond donors (Lipinski definition) is 1. The molecule has 4 aromatic rings. The number of ether oxygens (including phenoxy) is 2. The van der Waals surface area contributed by atoms with Crippen molar-refractivity contribution in [1.82, 2.24) is 10.2 Å². The molecule has 0 radical (unpaired) electrons. The zero-order chi connectivity index (χ0) is 28.9. The average molecular weight is 596 g/mol. The van der Waals surface area contributed by atoms with Gasteiger partial charge in [-0.15, -0.1) is 0 Å². The van der Waals surface area contributed by atoms with E-state index in [4.69, 9.17) is 37.1 Å². The number of amides is 2. The van der Waals surface area contributed by atoms with E-state index in [1.165, 1.54) is 0 Å². The summed E-state index contributed by atoms with van der Waals surface area (Å²) in [4.78, 5) is 28.6. The van der Waals surface area contributed by atoms with E-state index >= 15 is 0 Å². The highest BCUT2D eigenvalue weighted by Gasteiger charge is 2.33. The number of hydrogen-bond acceptors (Lipinski definition) is 5. The molecule has 9 heteroatoms. The van der Waals surface area contributed by atoms with Gasteiger partial charge in [-0.1, -0.05) is 36.2 Å². The molecule has 0 saturated carbocycles. The Balaban J connectivity index is 1.47. The van der Waals surface area contributed by atoms with Crippen molar-refractivity contribution >= 4 is 46.0 Å². The highest BCUT2D eigenvalue weighted by molar-refractivity contribution is 6.31. The molecular formula is C32H32Cl2N2O5. The maximum absolute atomic E-state index is 14.1. The molecule has 0 bridgehead atoms. The standard InChI is InChI=1S/C32H32Cl2N2O5/c1-3-10-35-31(37)21-5-4-20-16-27(17-22(20)13-21)36(19-24-15-26(34)6-8-28(24)40-12-11-39-2)32(38)30-18-23-14-25(33)7-9-29(23)41-30/h4-9,13-15,18,27H,3,10-12,16-17,19H2,1-2H3,(H,35,37). The predicted octanol–water partition coefficient (Wildman–Crippen LogP) is 6.71. The molecule has 214 valence electrons. The summed E-state index contributed by atoms with van der Waals surface area (Å²) in [7, 11) is 1.61. The molecule has 0 aliphatic heterocycles. The van der Waals surface area contributed by atoms with Crippen LogP contribution in [0.4, 0.5) is 0 Å². The Hall–Kier alpha value is -3.52. The first-order valence-electron chi connectivity index (χ1n) is 13.7. The summed E-state index contributed by atoms with van der Waals surface area (Å²) >= 11 is 12.6. The van der Waals surface area contributed by atoms with Crippen LogP contribution in [0.25, 0.3) is 11.0 Å². The number of methoxy groups -OCH3 is 1. The van der Waals surface area contributed by atoms with Crippen LogP contribution in [0.1, 0.15) is 50.9 Å². The molecule has 0 fully saturated rings. The number of benzene rings is 3. The maximum atomic E-state index is 14.1. The first-order chi connectivity index (χ1) is 19.9. The summed E-state index contributed by atoms with van der Waals surface area (Å²) in [6.45, 7) is 3.68. The Morgan fingerprint density at radius 2 is 1.76 bits per heavy atom. The van der Waals surface area contributed by atoms with Gasteiger partial charge < -0.3 is 24.1 Å². The summed E-state index contributed by atoms with van der Waals surface area (Å²) in [5, 5.41) is 4.80. The lowest BCUT2D eigenvalue weighted by Gasteiger charge is -2.29. The number of rotatable bonds is 11. The second-order valence-corrected chi connectivity index (χ2v) is 11.0. The van der Waals surface area contributed by atoms with Crippen molar-refractivity contribution in [3.8, 4) is 5.75 Å². The van der Waals surface area contributed by atoms with Gasteiger partial charge in [0.05, 0.1) is 13.2 Å². The molecule has 41 heavy (non-hydrogen) atoms. The van der Waals surface area contributed by atoms with Gasteiger partial charge in [0.1, 0.15) is 17.9 Å². The summed E-state index contributed by atoms with van der Waals surface area (Å²) in [5.41, 5.74) is 4.14. The van der Waals surface area contributed by atoms with Crippen LogP contribution in [-0.4, -0.2) is 49.6 Å². The van der Waals surface area contributed by atoms with E-state index in [-0.39, 0.29) is 30.2 Å². The summed E-state index contributed by atoms with van der Waals surface area (Å²) in [6.07, 6.45) is 2.11. The van der Waals surface area contributed by atoms with Gasteiger partial charge in [-0.25, -0.2) is 0 Å². The zero-order valence-corrected chi connectivity index (χ0v) is 24.6. The van der Waals surface area contributed by atoms with E-state index in [0.717, 1.165) is 28.5 Å². The van der Waals surface area contributed by atoms with Gasteiger partial charge in [0, 0.05) is 46.3 Å². The first-order valence-corrected chi connectivity index (χ1v) is 14.4. The van der Waals surface area contributed by atoms with Gasteiger partial charge in [0.25, 0.3) is 11.8 Å². The number of carbonyl (C=O) groups is 2. The van der Waals surface area contributed by atoms with Crippen molar-refractivity contribution in [3.05, 3.63) is 98.7 Å². The third-order valence-corrected chi connectivity index (χ3v) is 7.68. The first kappa shape index (κ1) is 29.0. The molecule has 5 rings (SSSR count). The van der Waals surface area contributed by atoms with Gasteiger partial charge in [0.15, 0.2) is 5.76 Å². The second-order valence-electron chi connectivity index (χ2n) is 10.1. The third kappa shape index (κ3) is 6.70. The third-order valence-electron chi connectivity index (χ3n) is 7.21. The Bertz CT molecular complexity index is 1570. The monoisotopic (exact) mass is 594 g/mol. The lowest BCUT2D eigenvalue weighted by molar-refractivity contribution is 0.0634. The van der Waals surface area contributed by atoms with Crippen molar-refractivity contribution in [1.29, 1.82) is 0 Å². The summed E-state index contributed by atoms with van der Waals surface area (Å²) in [5.74, 6) is 0.510.